The Morgan fingerprint density at radius 1 is 0.944 bits per heavy atom. The first-order valence-corrected chi connectivity index (χ1v) is 6.21. The fraction of sp³-hybridized carbons (Fsp3) is 0.769. The Balaban J connectivity index is 2.74. The Morgan fingerprint density at radius 3 is 2.06 bits per heavy atom. The van der Waals surface area contributed by atoms with Gasteiger partial charge in [0.15, 0.2) is 0 Å². The molecule has 1 aliphatic carbocycles. The first-order chi connectivity index (χ1) is 8.53. The van der Waals surface area contributed by atoms with Crippen LogP contribution in [-0.4, -0.2) is 31.9 Å². The SMILES string of the molecule is COC(=O)CC1(CC(=O)C(=O)OC)CCCCC1. The minimum atomic E-state index is -0.829. The summed E-state index contributed by atoms with van der Waals surface area (Å²) in [7, 11) is 2.52. The zero-order valence-corrected chi connectivity index (χ0v) is 11.0. The normalized spacial score (nSPS) is 17.9. The number of hydrogen-bond donors (Lipinski definition) is 0. The second kappa shape index (κ2) is 6.52. The largest absolute Gasteiger partial charge is 0.469 e. The van der Waals surface area contributed by atoms with Gasteiger partial charge >= 0.3 is 11.9 Å². The van der Waals surface area contributed by atoms with Gasteiger partial charge in [0.25, 0.3) is 0 Å². The minimum absolute atomic E-state index is 0.0781. The number of methoxy groups -OCH3 is 2. The van der Waals surface area contributed by atoms with Crippen LogP contribution in [0.2, 0.25) is 0 Å². The van der Waals surface area contributed by atoms with Crippen LogP contribution in [0.25, 0.3) is 0 Å². The van der Waals surface area contributed by atoms with Crippen molar-refractivity contribution in [2.24, 2.45) is 5.41 Å². The van der Waals surface area contributed by atoms with E-state index in [1.54, 1.807) is 0 Å². The van der Waals surface area contributed by atoms with Gasteiger partial charge in [0.1, 0.15) is 0 Å². The molecule has 1 fully saturated rings. The van der Waals surface area contributed by atoms with Crippen molar-refractivity contribution in [1.82, 2.24) is 0 Å². The summed E-state index contributed by atoms with van der Waals surface area (Å²) < 4.78 is 9.11. The van der Waals surface area contributed by atoms with Crippen molar-refractivity contribution in [2.75, 3.05) is 14.2 Å². The van der Waals surface area contributed by atoms with Crippen molar-refractivity contribution < 1.29 is 23.9 Å². The molecule has 0 aromatic carbocycles. The molecule has 1 saturated carbocycles. The molecule has 0 spiro atoms. The van der Waals surface area contributed by atoms with Crippen LogP contribution in [0.5, 0.6) is 0 Å². The highest BCUT2D eigenvalue weighted by Crippen LogP contribution is 2.42. The van der Waals surface area contributed by atoms with Gasteiger partial charge < -0.3 is 9.47 Å². The molecule has 0 N–H and O–H groups in total. The van der Waals surface area contributed by atoms with E-state index in [0.717, 1.165) is 32.1 Å². The fourth-order valence-corrected chi connectivity index (χ4v) is 2.62. The zero-order chi connectivity index (χ0) is 13.6. The van der Waals surface area contributed by atoms with Crippen LogP contribution >= 0.6 is 0 Å². The molecule has 1 rings (SSSR count). The van der Waals surface area contributed by atoms with Crippen LogP contribution in [0, 0.1) is 5.41 Å². The third-order valence-electron chi connectivity index (χ3n) is 3.61. The number of esters is 2. The quantitative estimate of drug-likeness (QED) is 0.552. The molecule has 1 aliphatic rings. The third-order valence-corrected chi connectivity index (χ3v) is 3.61. The van der Waals surface area contributed by atoms with Crippen LogP contribution in [0.15, 0.2) is 0 Å². The first kappa shape index (κ1) is 14.7. The van der Waals surface area contributed by atoms with Crippen LogP contribution in [-0.2, 0) is 23.9 Å². The van der Waals surface area contributed by atoms with E-state index in [9.17, 15) is 14.4 Å². The predicted octanol–water partition coefficient (Wildman–Crippen LogP) is 1.63. The Morgan fingerprint density at radius 2 is 1.56 bits per heavy atom. The van der Waals surface area contributed by atoms with Gasteiger partial charge in [0.2, 0.25) is 5.78 Å². The van der Waals surface area contributed by atoms with E-state index in [1.165, 1.54) is 14.2 Å². The maximum atomic E-state index is 11.7. The van der Waals surface area contributed by atoms with Crippen molar-refractivity contribution >= 4 is 17.7 Å². The number of rotatable bonds is 5. The highest BCUT2D eigenvalue weighted by Gasteiger charge is 2.38. The molecule has 0 unspecified atom stereocenters. The van der Waals surface area contributed by atoms with Gasteiger partial charge in [-0.1, -0.05) is 19.3 Å². The molecule has 0 heterocycles. The van der Waals surface area contributed by atoms with E-state index in [0.29, 0.717) is 0 Å². The van der Waals surface area contributed by atoms with Crippen molar-refractivity contribution in [3.05, 3.63) is 0 Å². The molecule has 0 saturated heterocycles. The standard InChI is InChI=1S/C13H20O5/c1-17-11(15)9-13(6-4-3-5-7-13)8-10(14)12(16)18-2/h3-9H2,1-2H3. The molecule has 0 aromatic heterocycles. The Bertz CT molecular complexity index is 328. The van der Waals surface area contributed by atoms with Crippen molar-refractivity contribution in [3.8, 4) is 0 Å². The maximum Gasteiger partial charge on any atom is 0.374 e. The van der Waals surface area contributed by atoms with E-state index < -0.39 is 17.2 Å². The Kier molecular flexibility index (Phi) is 5.31. The lowest BCUT2D eigenvalue weighted by Crippen LogP contribution is -2.33. The predicted molar refractivity (Wildman–Crippen MR) is 63.8 cm³/mol. The van der Waals surface area contributed by atoms with E-state index in [4.69, 9.17) is 0 Å². The van der Waals surface area contributed by atoms with Gasteiger partial charge in [-0.05, 0) is 18.3 Å². The topological polar surface area (TPSA) is 69.7 Å². The highest BCUT2D eigenvalue weighted by molar-refractivity contribution is 6.33. The zero-order valence-electron chi connectivity index (χ0n) is 11.0. The lowest BCUT2D eigenvalue weighted by Gasteiger charge is -2.35. The number of Topliss-reactive ketones (excluding diaryl/α,β-unsaturated/α-hetero) is 1. The highest BCUT2D eigenvalue weighted by atomic mass is 16.5. The van der Waals surface area contributed by atoms with Gasteiger partial charge in [-0.25, -0.2) is 4.79 Å². The van der Waals surface area contributed by atoms with Gasteiger partial charge in [0, 0.05) is 6.42 Å². The molecule has 5 nitrogen and oxygen atoms in total. The number of hydrogen-bond acceptors (Lipinski definition) is 5. The summed E-state index contributed by atoms with van der Waals surface area (Å²) in [5, 5.41) is 0. The van der Waals surface area contributed by atoms with Gasteiger partial charge in [-0.3, -0.25) is 9.59 Å². The smallest absolute Gasteiger partial charge is 0.374 e. The van der Waals surface area contributed by atoms with Gasteiger partial charge in [0.05, 0.1) is 20.6 Å². The molecule has 0 radical (unpaired) electrons. The van der Waals surface area contributed by atoms with E-state index in [2.05, 4.69) is 9.47 Å². The summed E-state index contributed by atoms with van der Waals surface area (Å²) in [6.07, 6.45) is 4.91. The number of ketones is 1. The van der Waals surface area contributed by atoms with E-state index >= 15 is 0 Å². The van der Waals surface area contributed by atoms with E-state index in [-0.39, 0.29) is 18.8 Å². The molecular weight excluding hydrogens is 236 g/mol. The molecule has 18 heavy (non-hydrogen) atoms. The van der Waals surface area contributed by atoms with Crippen molar-refractivity contribution in [3.63, 3.8) is 0 Å². The third kappa shape index (κ3) is 3.82. The molecule has 0 amide bonds. The lowest BCUT2D eigenvalue weighted by molar-refractivity contribution is -0.154. The number of carbonyl (C=O) groups is 3. The Hall–Kier alpha value is -1.39. The maximum absolute atomic E-state index is 11.7. The van der Waals surface area contributed by atoms with Crippen molar-refractivity contribution in [2.45, 2.75) is 44.9 Å². The molecule has 5 heteroatoms. The summed E-state index contributed by atoms with van der Waals surface area (Å²) in [4.78, 5) is 34.3. The molecule has 0 aliphatic heterocycles. The monoisotopic (exact) mass is 256 g/mol. The van der Waals surface area contributed by atoms with Crippen LogP contribution < -0.4 is 0 Å². The number of ether oxygens (including phenoxy) is 2. The average molecular weight is 256 g/mol. The molecular formula is C13H20O5. The summed E-state index contributed by atoms with van der Waals surface area (Å²) in [6, 6.07) is 0. The lowest BCUT2D eigenvalue weighted by atomic mass is 9.69. The molecule has 0 atom stereocenters. The summed E-state index contributed by atoms with van der Waals surface area (Å²) >= 11 is 0. The van der Waals surface area contributed by atoms with Crippen LogP contribution in [0.3, 0.4) is 0 Å². The Labute approximate surface area is 107 Å². The van der Waals surface area contributed by atoms with Crippen LogP contribution in [0.1, 0.15) is 44.9 Å². The summed E-state index contributed by atoms with van der Waals surface area (Å²) in [6.45, 7) is 0. The average Bonchev–Trinajstić information content (AvgIpc) is 2.38. The second-order valence-electron chi connectivity index (χ2n) is 4.91. The number of carbonyl (C=O) groups excluding carboxylic acids is 3. The summed E-state index contributed by atoms with van der Waals surface area (Å²) in [5.74, 6) is -1.71. The van der Waals surface area contributed by atoms with Crippen LogP contribution in [0.4, 0.5) is 0 Å². The molecule has 0 bridgehead atoms. The second-order valence-corrected chi connectivity index (χ2v) is 4.91. The van der Waals surface area contributed by atoms with E-state index in [1.807, 2.05) is 0 Å². The minimum Gasteiger partial charge on any atom is -0.469 e. The van der Waals surface area contributed by atoms with Gasteiger partial charge in [-0.2, -0.15) is 0 Å². The molecule has 102 valence electrons. The van der Waals surface area contributed by atoms with Crippen molar-refractivity contribution in [1.29, 1.82) is 0 Å². The molecule has 0 aromatic rings. The first-order valence-electron chi connectivity index (χ1n) is 6.21. The summed E-state index contributed by atoms with van der Waals surface area (Å²) in [5.41, 5.74) is -0.420. The fourth-order valence-electron chi connectivity index (χ4n) is 2.62. The van der Waals surface area contributed by atoms with Gasteiger partial charge in [-0.15, -0.1) is 0 Å².